The number of pyridine rings is 1. The molecule has 2 N–H and O–H groups in total. The molecule has 150 valence electrons. The Morgan fingerprint density at radius 3 is 2.80 bits per heavy atom. The molecule has 0 aliphatic carbocycles. The predicted molar refractivity (Wildman–Crippen MR) is 112 cm³/mol. The van der Waals surface area contributed by atoms with Gasteiger partial charge in [-0.3, -0.25) is 14.6 Å². The number of amides is 2. The summed E-state index contributed by atoms with van der Waals surface area (Å²) in [5, 5.41) is 12.8. The van der Waals surface area contributed by atoms with Crippen molar-refractivity contribution in [3.8, 4) is 5.75 Å². The number of nitrogens with one attached hydrogen (secondary N) is 1. The van der Waals surface area contributed by atoms with Crippen molar-refractivity contribution in [2.45, 2.75) is 24.8 Å². The summed E-state index contributed by atoms with van der Waals surface area (Å²) in [7, 11) is 0. The molecule has 2 amide bonds. The molecule has 0 saturated carbocycles. The number of carbonyl (C=O) groups is 2. The number of aromatic nitrogens is 1. The molecule has 0 bridgehead atoms. The van der Waals surface area contributed by atoms with Crippen LogP contribution in [-0.4, -0.2) is 33.3 Å². The van der Waals surface area contributed by atoms with Gasteiger partial charge < -0.3 is 15.3 Å². The maximum Gasteiger partial charge on any atom is 0.254 e. The third kappa shape index (κ3) is 2.53. The summed E-state index contributed by atoms with van der Waals surface area (Å²) in [6.07, 6.45) is 3.94. The van der Waals surface area contributed by atoms with Crippen LogP contribution in [0.15, 0.2) is 67.0 Å². The van der Waals surface area contributed by atoms with Gasteiger partial charge in [0, 0.05) is 30.2 Å². The van der Waals surface area contributed by atoms with E-state index >= 15 is 0 Å². The topological polar surface area (TPSA) is 82.5 Å². The number of phenolic OH excluding ortho intramolecular Hbond substituents is 1. The molecule has 2 aromatic carbocycles. The van der Waals surface area contributed by atoms with E-state index in [9.17, 15) is 14.7 Å². The van der Waals surface area contributed by atoms with Crippen LogP contribution in [0.5, 0.6) is 5.75 Å². The molecule has 6 nitrogen and oxygen atoms in total. The molecule has 1 aromatic heterocycles. The fourth-order valence-electron chi connectivity index (χ4n) is 4.95. The summed E-state index contributed by atoms with van der Waals surface area (Å²) in [6.45, 7) is 2.25. The molecule has 2 atom stereocenters. The standard InChI is InChI=1S/C24H21N3O3/c1-15-13-17(28)8-9-18(15)22(29)27-12-10-24(21(27)16-5-4-11-25-14-16)19-6-2-3-7-20(19)26-23(24)30/h2-9,11,13-14,21,28H,10,12H2,1H3,(H,26,30). The average Bonchev–Trinajstić information content (AvgIpc) is 3.28. The lowest BCUT2D eigenvalue weighted by Gasteiger charge is -2.34. The third-order valence-electron chi connectivity index (χ3n) is 6.29. The van der Waals surface area contributed by atoms with Crippen molar-refractivity contribution in [2.24, 2.45) is 0 Å². The van der Waals surface area contributed by atoms with E-state index in [1.807, 2.05) is 36.4 Å². The van der Waals surface area contributed by atoms with Crippen LogP contribution >= 0.6 is 0 Å². The molecular weight excluding hydrogens is 378 g/mol. The lowest BCUT2D eigenvalue weighted by Crippen LogP contribution is -2.42. The zero-order valence-corrected chi connectivity index (χ0v) is 16.5. The summed E-state index contributed by atoms with van der Waals surface area (Å²) in [5.41, 5.74) is 2.90. The predicted octanol–water partition coefficient (Wildman–Crippen LogP) is 3.57. The minimum Gasteiger partial charge on any atom is -0.508 e. The molecule has 5 rings (SSSR count). The number of phenols is 1. The Hall–Kier alpha value is -3.67. The first-order valence-electron chi connectivity index (χ1n) is 9.94. The van der Waals surface area contributed by atoms with Crippen LogP contribution < -0.4 is 5.32 Å². The molecule has 3 aromatic rings. The van der Waals surface area contributed by atoms with Gasteiger partial charge in [0.1, 0.15) is 11.2 Å². The zero-order valence-electron chi connectivity index (χ0n) is 16.5. The zero-order chi connectivity index (χ0) is 20.9. The number of aromatic hydroxyl groups is 1. The second-order valence-corrected chi connectivity index (χ2v) is 7.91. The Morgan fingerprint density at radius 2 is 2.03 bits per heavy atom. The van der Waals surface area contributed by atoms with Gasteiger partial charge in [0.2, 0.25) is 5.91 Å². The normalized spacial score (nSPS) is 22.2. The quantitative estimate of drug-likeness (QED) is 0.690. The minimum atomic E-state index is -0.861. The van der Waals surface area contributed by atoms with Crippen LogP contribution in [0.25, 0.3) is 0 Å². The van der Waals surface area contributed by atoms with Crippen molar-refractivity contribution in [1.29, 1.82) is 0 Å². The monoisotopic (exact) mass is 399 g/mol. The van der Waals surface area contributed by atoms with E-state index in [0.717, 1.165) is 16.8 Å². The minimum absolute atomic E-state index is 0.0877. The summed E-state index contributed by atoms with van der Waals surface area (Å²) in [6, 6.07) is 15.7. The van der Waals surface area contributed by atoms with Crippen molar-refractivity contribution in [3.05, 3.63) is 89.2 Å². The number of para-hydroxylation sites is 1. The maximum absolute atomic E-state index is 13.6. The van der Waals surface area contributed by atoms with Crippen molar-refractivity contribution < 1.29 is 14.7 Å². The Bertz CT molecular complexity index is 1160. The lowest BCUT2D eigenvalue weighted by atomic mass is 9.73. The fraction of sp³-hybridized carbons (Fsp3) is 0.208. The molecule has 1 fully saturated rings. The highest BCUT2D eigenvalue weighted by Crippen LogP contribution is 2.54. The molecule has 0 radical (unpaired) electrons. The van der Waals surface area contributed by atoms with Gasteiger partial charge in [-0.1, -0.05) is 24.3 Å². The number of fused-ring (bicyclic) bond motifs is 2. The van der Waals surface area contributed by atoms with Crippen LogP contribution in [0.4, 0.5) is 5.69 Å². The second kappa shape index (κ2) is 6.69. The lowest BCUT2D eigenvalue weighted by molar-refractivity contribution is -0.121. The van der Waals surface area contributed by atoms with Gasteiger partial charge in [-0.05, 0) is 60.4 Å². The van der Waals surface area contributed by atoms with E-state index in [1.165, 1.54) is 6.07 Å². The number of likely N-dealkylation sites (tertiary alicyclic amines) is 1. The fourth-order valence-corrected chi connectivity index (χ4v) is 4.95. The molecule has 2 unspecified atom stereocenters. The second-order valence-electron chi connectivity index (χ2n) is 7.91. The molecule has 1 spiro atoms. The van der Waals surface area contributed by atoms with Crippen molar-refractivity contribution >= 4 is 17.5 Å². The van der Waals surface area contributed by atoms with Crippen LogP contribution in [-0.2, 0) is 10.2 Å². The van der Waals surface area contributed by atoms with Gasteiger partial charge in [0.15, 0.2) is 0 Å². The third-order valence-corrected chi connectivity index (χ3v) is 6.29. The van der Waals surface area contributed by atoms with Gasteiger partial charge in [-0.15, -0.1) is 0 Å². The van der Waals surface area contributed by atoms with Crippen LogP contribution in [0.2, 0.25) is 0 Å². The van der Waals surface area contributed by atoms with Crippen molar-refractivity contribution in [1.82, 2.24) is 9.88 Å². The highest BCUT2D eigenvalue weighted by molar-refractivity contribution is 6.08. The number of benzene rings is 2. The van der Waals surface area contributed by atoms with Gasteiger partial charge in [-0.2, -0.15) is 0 Å². The van der Waals surface area contributed by atoms with E-state index in [0.29, 0.717) is 24.1 Å². The number of hydrogen-bond acceptors (Lipinski definition) is 4. The number of carbonyl (C=O) groups excluding carboxylic acids is 2. The SMILES string of the molecule is Cc1cc(O)ccc1C(=O)N1CCC2(C(=O)Nc3ccccc32)C1c1cccnc1. The summed E-state index contributed by atoms with van der Waals surface area (Å²) >= 11 is 0. The van der Waals surface area contributed by atoms with E-state index < -0.39 is 11.5 Å². The molecule has 2 aliphatic rings. The van der Waals surface area contributed by atoms with E-state index in [1.54, 1.807) is 36.4 Å². The van der Waals surface area contributed by atoms with Crippen LogP contribution in [0.1, 0.15) is 39.5 Å². The van der Waals surface area contributed by atoms with Gasteiger partial charge >= 0.3 is 0 Å². The smallest absolute Gasteiger partial charge is 0.254 e. The van der Waals surface area contributed by atoms with Crippen LogP contribution in [0.3, 0.4) is 0 Å². The molecule has 2 aliphatic heterocycles. The van der Waals surface area contributed by atoms with E-state index in [2.05, 4.69) is 10.3 Å². The van der Waals surface area contributed by atoms with Gasteiger partial charge in [0.05, 0.1) is 6.04 Å². The van der Waals surface area contributed by atoms with Crippen molar-refractivity contribution in [3.63, 3.8) is 0 Å². The Labute approximate surface area is 174 Å². The summed E-state index contributed by atoms with van der Waals surface area (Å²) in [4.78, 5) is 33.0. The number of anilines is 1. The highest BCUT2D eigenvalue weighted by atomic mass is 16.3. The Morgan fingerprint density at radius 1 is 1.20 bits per heavy atom. The molecule has 6 heteroatoms. The highest BCUT2D eigenvalue weighted by Gasteiger charge is 2.59. The number of nitrogens with zero attached hydrogens (tertiary/aromatic N) is 2. The molecule has 30 heavy (non-hydrogen) atoms. The first kappa shape index (κ1) is 18.4. The summed E-state index contributed by atoms with van der Waals surface area (Å²) < 4.78 is 0. The van der Waals surface area contributed by atoms with Crippen molar-refractivity contribution in [2.75, 3.05) is 11.9 Å². The molecule has 3 heterocycles. The average molecular weight is 399 g/mol. The first-order chi connectivity index (χ1) is 14.5. The van der Waals surface area contributed by atoms with Crippen LogP contribution in [0, 0.1) is 6.92 Å². The maximum atomic E-state index is 13.6. The van der Waals surface area contributed by atoms with Gasteiger partial charge in [0.25, 0.3) is 5.91 Å². The largest absolute Gasteiger partial charge is 0.508 e. The number of rotatable bonds is 2. The van der Waals surface area contributed by atoms with Gasteiger partial charge in [-0.25, -0.2) is 0 Å². The molecular formula is C24H21N3O3. The first-order valence-corrected chi connectivity index (χ1v) is 9.94. The Kier molecular flexibility index (Phi) is 4.10. The number of aryl methyl sites for hydroxylation is 1. The summed E-state index contributed by atoms with van der Waals surface area (Å²) in [5.74, 6) is -0.125. The van der Waals surface area contributed by atoms with E-state index in [4.69, 9.17) is 0 Å². The van der Waals surface area contributed by atoms with E-state index in [-0.39, 0.29) is 17.6 Å². The Balaban J connectivity index is 1.67. The number of hydrogen-bond donors (Lipinski definition) is 2. The molecule has 1 saturated heterocycles.